The molecule has 0 spiro atoms. The van der Waals surface area contributed by atoms with Gasteiger partial charge in [0, 0.05) is 48.0 Å². The average Bonchev–Trinajstić information content (AvgIpc) is 2.81. The van der Waals surface area contributed by atoms with E-state index in [-0.39, 0.29) is 18.1 Å². The van der Waals surface area contributed by atoms with Crippen LogP contribution in [0.4, 0.5) is 11.4 Å². The maximum Gasteiger partial charge on any atom is 0.247 e. The highest BCUT2D eigenvalue weighted by atomic mass is 35.5. The third-order valence-corrected chi connectivity index (χ3v) is 5.31. The van der Waals surface area contributed by atoms with Crippen molar-refractivity contribution in [3.63, 3.8) is 0 Å². The van der Waals surface area contributed by atoms with Crippen molar-refractivity contribution in [2.24, 2.45) is 5.10 Å². The number of rotatable bonds is 10. The highest BCUT2D eigenvalue weighted by Gasteiger charge is 2.20. The zero-order valence-corrected chi connectivity index (χ0v) is 19.5. The molecule has 1 heterocycles. The van der Waals surface area contributed by atoms with E-state index in [1.54, 1.807) is 24.4 Å². The minimum atomic E-state index is -0.767. The molecule has 8 nitrogen and oxygen atoms in total. The molecule has 1 amide bonds. The first-order valence-electron chi connectivity index (χ1n) is 10.7. The van der Waals surface area contributed by atoms with Gasteiger partial charge < -0.3 is 20.5 Å². The first-order valence-corrected chi connectivity index (χ1v) is 11.1. The van der Waals surface area contributed by atoms with Gasteiger partial charge in [0.05, 0.1) is 11.3 Å². The number of β-amino-alcohol motifs (C(OH)–C–C–N with tert-alkyl or cyclic N) is 1. The molecule has 0 saturated carbocycles. The molecule has 0 aromatic heterocycles. The Morgan fingerprint density at radius 3 is 2.76 bits per heavy atom. The Balaban J connectivity index is 1.45. The van der Waals surface area contributed by atoms with Crippen LogP contribution in [0.3, 0.4) is 0 Å². The first-order chi connectivity index (χ1) is 15.8. The Labute approximate surface area is 198 Å². The Morgan fingerprint density at radius 1 is 1.30 bits per heavy atom. The van der Waals surface area contributed by atoms with Gasteiger partial charge in [0.25, 0.3) is 0 Å². The van der Waals surface area contributed by atoms with Crippen molar-refractivity contribution in [1.82, 2.24) is 5.32 Å². The van der Waals surface area contributed by atoms with Crippen LogP contribution in [0.15, 0.2) is 47.6 Å². The highest BCUT2D eigenvalue weighted by Crippen LogP contribution is 2.23. The number of hydrazone groups is 1. The number of benzene rings is 2. The normalized spacial score (nSPS) is 14.6. The van der Waals surface area contributed by atoms with E-state index in [2.05, 4.69) is 15.7 Å². The van der Waals surface area contributed by atoms with Gasteiger partial charge in [-0.25, -0.2) is 5.01 Å². The number of aliphatic hydroxyl groups excluding tert-OH is 1. The number of amides is 1. The van der Waals surface area contributed by atoms with Gasteiger partial charge in [-0.2, -0.15) is 10.4 Å². The maximum absolute atomic E-state index is 12.0. The van der Waals surface area contributed by atoms with Crippen LogP contribution in [0.5, 0.6) is 5.75 Å². The number of carbonyl (C=O) groups is 1. The predicted molar refractivity (Wildman–Crippen MR) is 130 cm³/mol. The molecule has 2 aromatic carbocycles. The van der Waals surface area contributed by atoms with E-state index in [0.29, 0.717) is 42.3 Å². The zero-order valence-electron chi connectivity index (χ0n) is 18.7. The molecule has 9 heteroatoms. The van der Waals surface area contributed by atoms with Gasteiger partial charge in [0.1, 0.15) is 24.5 Å². The summed E-state index contributed by atoms with van der Waals surface area (Å²) in [7, 11) is 0. The predicted octanol–water partition coefficient (Wildman–Crippen LogP) is 3.54. The number of hydrogen-bond donors (Lipinski definition) is 3. The molecule has 0 aliphatic carbocycles. The lowest BCUT2D eigenvalue weighted by Crippen LogP contribution is -2.49. The fourth-order valence-electron chi connectivity index (χ4n) is 3.16. The molecule has 1 unspecified atom stereocenters. The van der Waals surface area contributed by atoms with Crippen LogP contribution >= 0.6 is 11.6 Å². The molecule has 3 rings (SSSR count). The van der Waals surface area contributed by atoms with Crippen LogP contribution in [0.1, 0.15) is 32.3 Å². The largest absolute Gasteiger partial charge is 0.489 e. The second-order valence-electron chi connectivity index (χ2n) is 8.42. The third kappa shape index (κ3) is 7.19. The van der Waals surface area contributed by atoms with E-state index in [1.807, 2.05) is 44.2 Å². The lowest BCUT2D eigenvalue weighted by Gasteiger charge is -2.29. The summed E-state index contributed by atoms with van der Waals surface area (Å²) in [5.41, 5.74) is 1.70. The van der Waals surface area contributed by atoms with Gasteiger partial charge in [0.2, 0.25) is 5.91 Å². The quantitative estimate of drug-likeness (QED) is 0.491. The SMILES string of the molecule is CC(C)(CNc1ccc(N2N=CCCC2=O)cc1)NCC(O)COc1cc(Cl)ccc1C#N. The molecular formula is C24H28ClN5O3. The van der Waals surface area contributed by atoms with E-state index in [0.717, 1.165) is 11.4 Å². The summed E-state index contributed by atoms with van der Waals surface area (Å²) in [6.07, 6.45) is 2.13. The van der Waals surface area contributed by atoms with Crippen LogP contribution in [-0.4, -0.2) is 48.6 Å². The summed E-state index contributed by atoms with van der Waals surface area (Å²) in [5, 5.41) is 32.2. The van der Waals surface area contributed by atoms with Crippen molar-refractivity contribution in [3.05, 3.63) is 53.1 Å². The maximum atomic E-state index is 12.0. The molecule has 33 heavy (non-hydrogen) atoms. The summed E-state index contributed by atoms with van der Waals surface area (Å²) in [6.45, 7) is 4.99. The number of nitriles is 1. The number of carbonyl (C=O) groups excluding carboxylic acids is 1. The van der Waals surface area contributed by atoms with E-state index in [4.69, 9.17) is 21.6 Å². The lowest BCUT2D eigenvalue weighted by molar-refractivity contribution is -0.118. The van der Waals surface area contributed by atoms with Crippen LogP contribution in [0.25, 0.3) is 0 Å². The topological polar surface area (TPSA) is 110 Å². The lowest BCUT2D eigenvalue weighted by atomic mass is 10.1. The molecule has 2 aromatic rings. The number of nitrogens with one attached hydrogen (secondary N) is 2. The molecule has 174 valence electrons. The molecule has 0 radical (unpaired) electrons. The van der Waals surface area contributed by atoms with E-state index in [9.17, 15) is 9.90 Å². The second-order valence-corrected chi connectivity index (χ2v) is 8.86. The molecule has 1 atom stereocenters. The highest BCUT2D eigenvalue weighted by molar-refractivity contribution is 6.30. The molecular weight excluding hydrogens is 442 g/mol. The van der Waals surface area contributed by atoms with Gasteiger partial charge in [-0.1, -0.05) is 11.6 Å². The second kappa shape index (κ2) is 11.1. The minimum absolute atomic E-state index is 0.00899. The summed E-state index contributed by atoms with van der Waals surface area (Å²) >= 11 is 5.96. The Morgan fingerprint density at radius 2 is 2.06 bits per heavy atom. The van der Waals surface area contributed by atoms with Crippen molar-refractivity contribution in [3.8, 4) is 11.8 Å². The van der Waals surface area contributed by atoms with Crippen LogP contribution in [-0.2, 0) is 4.79 Å². The summed E-state index contributed by atoms with van der Waals surface area (Å²) in [5.74, 6) is 0.343. The fourth-order valence-corrected chi connectivity index (χ4v) is 3.32. The standard InChI is InChI=1S/C24H28ClN5O3/c1-24(2,28-14-21(31)15-33-22-12-18(25)6-5-17(22)13-26)16-27-19-7-9-20(10-8-19)30-23(32)4-3-11-29-30/h5-12,21,27-28,31H,3-4,14-16H2,1-2H3. The Bertz CT molecular complexity index is 1030. The van der Waals surface area contributed by atoms with Gasteiger partial charge in [-0.15, -0.1) is 0 Å². The van der Waals surface area contributed by atoms with Crippen LogP contribution < -0.4 is 20.4 Å². The number of ether oxygens (including phenoxy) is 1. The Kier molecular flexibility index (Phi) is 8.28. The fraction of sp³-hybridized carbons (Fsp3) is 0.375. The first kappa shape index (κ1) is 24.5. The number of anilines is 2. The molecule has 0 saturated heterocycles. The van der Waals surface area contributed by atoms with Crippen LogP contribution in [0, 0.1) is 11.3 Å². The van der Waals surface area contributed by atoms with Crippen molar-refractivity contribution in [2.45, 2.75) is 38.3 Å². The summed E-state index contributed by atoms with van der Waals surface area (Å²) < 4.78 is 5.58. The molecule has 0 bridgehead atoms. The number of halogens is 1. The van der Waals surface area contributed by atoms with Crippen molar-refractivity contribution < 1.29 is 14.6 Å². The van der Waals surface area contributed by atoms with Crippen molar-refractivity contribution >= 4 is 35.1 Å². The zero-order chi connectivity index (χ0) is 23.8. The number of nitrogens with zero attached hydrogens (tertiary/aromatic N) is 3. The Hall–Kier alpha value is -3.12. The van der Waals surface area contributed by atoms with E-state index < -0.39 is 6.10 Å². The van der Waals surface area contributed by atoms with Gasteiger partial charge in [-0.05, 0) is 56.7 Å². The van der Waals surface area contributed by atoms with Crippen molar-refractivity contribution in [1.29, 1.82) is 5.26 Å². The smallest absolute Gasteiger partial charge is 0.247 e. The van der Waals surface area contributed by atoms with Gasteiger partial charge in [-0.3, -0.25) is 4.79 Å². The van der Waals surface area contributed by atoms with E-state index >= 15 is 0 Å². The van der Waals surface area contributed by atoms with Crippen molar-refractivity contribution in [2.75, 3.05) is 30.0 Å². The number of hydrogen-bond acceptors (Lipinski definition) is 7. The summed E-state index contributed by atoms with van der Waals surface area (Å²) in [6, 6.07) is 14.3. The average molecular weight is 470 g/mol. The van der Waals surface area contributed by atoms with Crippen LogP contribution in [0.2, 0.25) is 5.02 Å². The minimum Gasteiger partial charge on any atom is -0.489 e. The summed E-state index contributed by atoms with van der Waals surface area (Å²) in [4.78, 5) is 12.0. The van der Waals surface area contributed by atoms with E-state index in [1.165, 1.54) is 5.01 Å². The molecule has 1 aliphatic rings. The number of aliphatic hydroxyl groups is 1. The molecule has 1 aliphatic heterocycles. The van der Waals surface area contributed by atoms with Gasteiger partial charge >= 0.3 is 0 Å². The molecule has 0 fully saturated rings. The monoisotopic (exact) mass is 469 g/mol. The molecule has 3 N–H and O–H groups in total. The van der Waals surface area contributed by atoms with Gasteiger partial charge in [0.15, 0.2) is 0 Å². The third-order valence-electron chi connectivity index (χ3n) is 5.08.